The molecular formula is C22H37NO6Si. The summed E-state index contributed by atoms with van der Waals surface area (Å²) in [6, 6.07) is 5.20. The summed E-state index contributed by atoms with van der Waals surface area (Å²) in [5, 5.41) is 13.1. The molecule has 1 aliphatic heterocycles. The van der Waals surface area contributed by atoms with Crippen LogP contribution in [0.25, 0.3) is 0 Å². The van der Waals surface area contributed by atoms with Crippen molar-refractivity contribution in [2.24, 2.45) is 0 Å². The van der Waals surface area contributed by atoms with Gasteiger partial charge in [-0.15, -0.1) is 0 Å². The molecule has 1 heterocycles. The molecule has 1 unspecified atom stereocenters. The third-order valence-corrected chi connectivity index (χ3v) is 9.98. The van der Waals surface area contributed by atoms with Crippen LogP contribution in [-0.2, 0) is 15.6 Å². The maximum Gasteiger partial charge on any atom is 0.407 e. The topological polar surface area (TPSA) is 86.3 Å². The fraction of sp³-hybridized carbons (Fsp3) is 0.682. The molecule has 0 spiro atoms. The fourth-order valence-electron chi connectivity index (χ4n) is 2.86. The van der Waals surface area contributed by atoms with Gasteiger partial charge < -0.3 is 29.1 Å². The maximum absolute atomic E-state index is 12.5. The van der Waals surface area contributed by atoms with Crippen molar-refractivity contribution < 1.29 is 28.5 Å². The van der Waals surface area contributed by atoms with Gasteiger partial charge in [0.25, 0.3) is 0 Å². The molecule has 2 N–H and O–H groups in total. The first-order valence-electron chi connectivity index (χ1n) is 10.4. The Hall–Kier alpha value is -1.77. The highest BCUT2D eigenvalue weighted by Crippen LogP contribution is 2.38. The first-order valence-corrected chi connectivity index (χ1v) is 13.3. The molecule has 0 aromatic heterocycles. The normalized spacial score (nSPS) is 16.2. The highest BCUT2D eigenvalue weighted by atomic mass is 28.4. The smallest absolute Gasteiger partial charge is 0.407 e. The largest absolute Gasteiger partial charge is 0.454 e. The van der Waals surface area contributed by atoms with E-state index in [4.69, 9.17) is 18.6 Å². The van der Waals surface area contributed by atoms with E-state index in [-0.39, 0.29) is 18.4 Å². The molecule has 30 heavy (non-hydrogen) atoms. The molecule has 2 rings (SSSR count). The molecule has 0 fully saturated rings. The number of fused-ring (bicyclic) bond motifs is 1. The van der Waals surface area contributed by atoms with Crippen LogP contribution in [0.3, 0.4) is 0 Å². The summed E-state index contributed by atoms with van der Waals surface area (Å²) in [5.74, 6) is 1.38. The van der Waals surface area contributed by atoms with E-state index in [9.17, 15) is 9.90 Å². The van der Waals surface area contributed by atoms with Gasteiger partial charge in [0.2, 0.25) is 6.79 Å². The summed E-state index contributed by atoms with van der Waals surface area (Å²) < 4.78 is 22.8. The van der Waals surface area contributed by atoms with Crippen LogP contribution >= 0.6 is 0 Å². The lowest BCUT2D eigenvalue weighted by molar-refractivity contribution is 0.0350. The number of amides is 1. The second kappa shape index (κ2) is 9.16. The SMILES string of the molecule is CC(C)(C)OC(=O)NC(Cc1ccc2c(c1)OCO2)[C@H](CO)O[Si](C)(C)C(C)(C)C. The van der Waals surface area contributed by atoms with Crippen molar-refractivity contribution in [3.63, 3.8) is 0 Å². The number of rotatable bonds is 7. The minimum Gasteiger partial charge on any atom is -0.454 e. The van der Waals surface area contributed by atoms with Crippen LogP contribution in [0.2, 0.25) is 18.1 Å². The van der Waals surface area contributed by atoms with Gasteiger partial charge >= 0.3 is 6.09 Å². The summed E-state index contributed by atoms with van der Waals surface area (Å²) in [6.45, 7) is 16.1. The van der Waals surface area contributed by atoms with Crippen molar-refractivity contribution in [2.75, 3.05) is 13.4 Å². The predicted molar refractivity (Wildman–Crippen MR) is 119 cm³/mol. The molecule has 0 aliphatic carbocycles. The summed E-state index contributed by atoms with van der Waals surface area (Å²) in [5.41, 5.74) is 0.320. The first kappa shape index (κ1) is 24.5. The zero-order valence-electron chi connectivity index (χ0n) is 19.5. The third-order valence-electron chi connectivity index (χ3n) is 5.48. The van der Waals surface area contributed by atoms with E-state index >= 15 is 0 Å². The number of carbonyl (C=O) groups excluding carboxylic acids is 1. The van der Waals surface area contributed by atoms with Crippen molar-refractivity contribution in [1.82, 2.24) is 5.32 Å². The summed E-state index contributed by atoms with van der Waals surface area (Å²) in [6.07, 6.45) is -0.648. The lowest BCUT2D eigenvalue weighted by atomic mass is 10.0. The average molecular weight is 440 g/mol. The van der Waals surface area contributed by atoms with Gasteiger partial charge in [-0.3, -0.25) is 0 Å². The van der Waals surface area contributed by atoms with Crippen molar-refractivity contribution >= 4 is 14.4 Å². The summed E-state index contributed by atoms with van der Waals surface area (Å²) in [7, 11) is -2.18. The quantitative estimate of drug-likeness (QED) is 0.618. The molecule has 7 nitrogen and oxygen atoms in total. The van der Waals surface area contributed by atoms with Gasteiger partial charge in [0.05, 0.1) is 18.8 Å². The van der Waals surface area contributed by atoms with E-state index in [2.05, 4.69) is 39.2 Å². The molecule has 0 saturated heterocycles. The van der Waals surface area contributed by atoms with Gasteiger partial charge in [-0.2, -0.15) is 0 Å². The zero-order valence-corrected chi connectivity index (χ0v) is 20.5. The predicted octanol–water partition coefficient (Wildman–Crippen LogP) is 4.23. The van der Waals surface area contributed by atoms with Gasteiger partial charge in [0.1, 0.15) is 5.60 Å². The van der Waals surface area contributed by atoms with E-state index in [1.54, 1.807) is 0 Å². The van der Waals surface area contributed by atoms with Crippen LogP contribution < -0.4 is 14.8 Å². The van der Waals surface area contributed by atoms with E-state index in [1.807, 2.05) is 39.0 Å². The van der Waals surface area contributed by atoms with E-state index in [1.165, 1.54) is 0 Å². The molecule has 0 bridgehead atoms. The second-order valence-electron chi connectivity index (χ2n) is 10.2. The molecule has 0 saturated carbocycles. The monoisotopic (exact) mass is 439 g/mol. The number of aliphatic hydroxyl groups is 1. The Labute approximate surface area is 181 Å². The van der Waals surface area contributed by atoms with Crippen LogP contribution in [0.1, 0.15) is 47.1 Å². The summed E-state index contributed by atoms with van der Waals surface area (Å²) >= 11 is 0. The minimum atomic E-state index is -2.18. The first-order chi connectivity index (χ1) is 13.7. The lowest BCUT2D eigenvalue weighted by Gasteiger charge is -2.41. The fourth-order valence-corrected chi connectivity index (χ4v) is 4.21. The van der Waals surface area contributed by atoms with Crippen LogP contribution in [0.15, 0.2) is 18.2 Å². The molecule has 1 aromatic rings. The molecule has 2 atom stereocenters. The van der Waals surface area contributed by atoms with Gasteiger partial charge in [0, 0.05) is 0 Å². The Kier molecular flexibility index (Phi) is 7.48. The van der Waals surface area contributed by atoms with Crippen LogP contribution in [0.4, 0.5) is 4.79 Å². The second-order valence-corrected chi connectivity index (χ2v) is 15.0. The van der Waals surface area contributed by atoms with Gasteiger partial charge in [-0.05, 0) is 63.0 Å². The molecule has 1 aliphatic rings. The van der Waals surface area contributed by atoms with Gasteiger partial charge in [-0.25, -0.2) is 4.79 Å². The van der Waals surface area contributed by atoms with Gasteiger partial charge in [0.15, 0.2) is 19.8 Å². The lowest BCUT2D eigenvalue weighted by Crippen LogP contribution is -2.54. The Morgan fingerprint density at radius 3 is 2.37 bits per heavy atom. The van der Waals surface area contributed by atoms with Crippen molar-refractivity contribution in [2.45, 2.75) is 83.8 Å². The summed E-state index contributed by atoms with van der Waals surface area (Å²) in [4.78, 5) is 12.5. The number of benzene rings is 1. The number of ether oxygens (including phenoxy) is 3. The number of aliphatic hydroxyl groups excluding tert-OH is 1. The average Bonchev–Trinajstić information content (AvgIpc) is 3.04. The number of hydrogen-bond acceptors (Lipinski definition) is 6. The number of carbonyl (C=O) groups is 1. The van der Waals surface area contributed by atoms with Crippen LogP contribution in [0.5, 0.6) is 11.5 Å². The van der Waals surface area contributed by atoms with E-state index < -0.39 is 32.2 Å². The van der Waals surface area contributed by atoms with E-state index in [0.717, 1.165) is 5.56 Å². The zero-order chi connectivity index (χ0) is 22.7. The number of hydrogen-bond donors (Lipinski definition) is 2. The highest BCUT2D eigenvalue weighted by Gasteiger charge is 2.41. The molecule has 1 aromatic carbocycles. The Balaban J connectivity index is 2.25. The van der Waals surface area contributed by atoms with Crippen molar-refractivity contribution in [3.8, 4) is 11.5 Å². The van der Waals surface area contributed by atoms with Gasteiger partial charge in [-0.1, -0.05) is 26.8 Å². The van der Waals surface area contributed by atoms with E-state index in [0.29, 0.717) is 17.9 Å². The van der Waals surface area contributed by atoms with Crippen LogP contribution in [0, 0.1) is 0 Å². The molecule has 170 valence electrons. The molecule has 1 amide bonds. The molecule has 0 radical (unpaired) electrons. The number of nitrogens with one attached hydrogen (secondary N) is 1. The number of alkyl carbamates (subject to hydrolysis) is 1. The molecule has 8 heteroatoms. The van der Waals surface area contributed by atoms with Crippen LogP contribution in [-0.4, -0.2) is 50.7 Å². The highest BCUT2D eigenvalue weighted by molar-refractivity contribution is 6.74. The Morgan fingerprint density at radius 2 is 1.80 bits per heavy atom. The van der Waals surface area contributed by atoms with Crippen molar-refractivity contribution in [1.29, 1.82) is 0 Å². The van der Waals surface area contributed by atoms with Crippen molar-refractivity contribution in [3.05, 3.63) is 23.8 Å². The molecular weight excluding hydrogens is 402 g/mol. The Morgan fingerprint density at radius 1 is 1.17 bits per heavy atom. The minimum absolute atomic E-state index is 0.0321. The maximum atomic E-state index is 12.5. The Bertz CT molecular complexity index is 738. The third kappa shape index (κ3) is 6.62. The standard InChI is InChI=1S/C22H37NO6Si/c1-21(2,3)28-20(25)23-16(19(13-24)29-30(7,8)22(4,5)6)11-15-9-10-17-18(12-15)27-14-26-17/h9-10,12,16,19,24H,11,13-14H2,1-8H3,(H,23,25)/t16?,19-/m0/s1.